The summed E-state index contributed by atoms with van der Waals surface area (Å²) >= 11 is -2.76. The second kappa shape index (κ2) is 5.95. The Morgan fingerprint density at radius 2 is 1.22 bits per heavy atom. The Hall–Kier alpha value is 0.627. The molecule has 0 saturated heterocycles. The van der Waals surface area contributed by atoms with Gasteiger partial charge in [-0.15, -0.1) is 0 Å². The van der Waals surface area contributed by atoms with Crippen LogP contribution in [-0.2, 0) is 17.7 Å². The number of allylic oxidation sites excluding steroid dienone is 8. The number of hydrogen-bond acceptors (Lipinski definition) is 0. The predicted molar refractivity (Wildman–Crippen MR) is 74.6 cm³/mol. The molecular weight excluding hydrogens is 446 g/mol. The Morgan fingerprint density at radius 1 is 0.889 bits per heavy atom. The van der Waals surface area contributed by atoms with Gasteiger partial charge in [-0.05, 0) is 0 Å². The fourth-order valence-electron chi connectivity index (χ4n) is 3.51. The van der Waals surface area contributed by atoms with Crippen LogP contribution in [-0.4, -0.2) is 7.43 Å². The van der Waals surface area contributed by atoms with Gasteiger partial charge in [0.05, 0.1) is 0 Å². The van der Waals surface area contributed by atoms with Crippen molar-refractivity contribution in [3.8, 4) is 0 Å². The second-order valence-electron chi connectivity index (χ2n) is 6.66. The van der Waals surface area contributed by atoms with Crippen molar-refractivity contribution in [2.24, 2.45) is 0 Å². The van der Waals surface area contributed by atoms with Crippen molar-refractivity contribution in [3.63, 3.8) is 0 Å². The predicted octanol–water partition coefficient (Wildman–Crippen LogP) is -2.47. The summed E-state index contributed by atoms with van der Waals surface area (Å²) in [4.78, 5) is 0. The summed E-state index contributed by atoms with van der Waals surface area (Å²) in [6, 6.07) is 0. The third-order valence-electron chi connectivity index (χ3n) is 4.44. The molecule has 0 unspecified atom stereocenters. The summed E-state index contributed by atoms with van der Waals surface area (Å²) in [7, 11) is 1.39. The molecule has 0 heterocycles. The summed E-state index contributed by atoms with van der Waals surface area (Å²) in [5.74, 6) is 0. The Balaban J connectivity index is 0.00000144. The molecule has 0 aromatic heterocycles. The molecule has 0 radical (unpaired) electrons. The third kappa shape index (κ3) is 3.03. The van der Waals surface area contributed by atoms with Gasteiger partial charge in [-0.1, -0.05) is 0 Å². The molecule has 0 fully saturated rings. The van der Waals surface area contributed by atoms with E-state index in [2.05, 4.69) is 47.5 Å². The van der Waals surface area contributed by atoms with Crippen molar-refractivity contribution in [3.05, 3.63) is 42.1 Å². The molecule has 4 heteroatoms. The molecule has 0 aliphatic heterocycles. The number of halogens is 2. The SMILES string of the molecule is CC1=[C]([Hf+2]([CH3])([CH3])([SiH3])[C]2=C(C)C=CC2)CC=C1.[Cl-].[Cl-]. The second-order valence-corrected chi connectivity index (χ2v) is 58.0. The maximum Gasteiger partial charge on any atom is -1.00 e. The zero-order chi connectivity index (χ0) is 12.0. The average Bonchev–Trinajstić information content (AvgIpc) is 2.73. The molecule has 0 bridgehead atoms. The van der Waals surface area contributed by atoms with Crippen molar-refractivity contribution in [2.45, 2.75) is 36.0 Å². The van der Waals surface area contributed by atoms with Gasteiger partial charge < -0.3 is 24.8 Å². The van der Waals surface area contributed by atoms with Crippen LogP contribution in [0.15, 0.2) is 42.1 Å². The van der Waals surface area contributed by atoms with E-state index in [-0.39, 0.29) is 24.8 Å². The van der Waals surface area contributed by atoms with Crippen molar-refractivity contribution < 1.29 is 42.5 Å². The average molecular weight is 469 g/mol. The molecule has 0 N–H and O–H groups in total. The summed E-state index contributed by atoms with van der Waals surface area (Å²) < 4.78 is 9.06. The Kier molecular flexibility index (Phi) is 6.15. The van der Waals surface area contributed by atoms with Gasteiger partial charge in [-0.3, -0.25) is 0 Å². The van der Waals surface area contributed by atoms with E-state index >= 15 is 0 Å². The molecule has 2 aliphatic rings. The minimum atomic E-state index is -2.76. The normalized spacial score (nSPS) is 19.4. The van der Waals surface area contributed by atoms with Crippen molar-refractivity contribution in [1.82, 2.24) is 0 Å². The van der Waals surface area contributed by atoms with E-state index in [9.17, 15) is 0 Å². The summed E-state index contributed by atoms with van der Waals surface area (Å²) in [6.07, 6.45) is 11.9. The maximum atomic E-state index is 2.67. The number of rotatable bonds is 2. The Bertz CT molecular complexity index is 422. The largest absolute Gasteiger partial charge is 1.00 e. The van der Waals surface area contributed by atoms with Gasteiger partial charge in [-0.2, -0.15) is 0 Å². The molecule has 0 amide bonds. The number of hydrogen-bond donors (Lipinski definition) is 0. The first-order valence-electron chi connectivity index (χ1n) is 6.27. The molecular formula is C14H23Cl2HfSi. The molecule has 101 valence electrons. The van der Waals surface area contributed by atoms with E-state index in [1.54, 1.807) is 11.1 Å². The maximum absolute atomic E-state index is 2.76. The van der Waals surface area contributed by atoms with E-state index in [0.717, 1.165) is 0 Å². The van der Waals surface area contributed by atoms with E-state index < -0.39 is 17.7 Å². The Labute approximate surface area is 127 Å². The smallest absolute Gasteiger partial charge is 1.00 e. The van der Waals surface area contributed by atoms with Gasteiger partial charge in [0.2, 0.25) is 0 Å². The van der Waals surface area contributed by atoms with Crippen LogP contribution in [0.4, 0.5) is 0 Å². The fraction of sp³-hybridized carbons (Fsp3) is 0.429. The monoisotopic (exact) mass is 469 g/mol. The molecule has 0 nitrogen and oxygen atoms in total. The molecule has 0 aromatic rings. The molecule has 2 rings (SSSR count). The van der Waals surface area contributed by atoms with E-state index in [0.29, 0.717) is 0 Å². The van der Waals surface area contributed by atoms with Crippen LogP contribution in [0.25, 0.3) is 0 Å². The summed E-state index contributed by atoms with van der Waals surface area (Å²) in [5, 5.41) is 0. The van der Waals surface area contributed by atoms with Crippen molar-refractivity contribution >= 4 is 7.43 Å². The van der Waals surface area contributed by atoms with Crippen LogP contribution in [0.1, 0.15) is 26.7 Å². The molecule has 18 heavy (non-hydrogen) atoms. The van der Waals surface area contributed by atoms with E-state index in [1.807, 2.05) is 6.66 Å². The third-order valence-corrected chi connectivity index (χ3v) is 33.8. The van der Waals surface area contributed by atoms with Gasteiger partial charge in [0.15, 0.2) is 0 Å². The Morgan fingerprint density at radius 3 is 1.44 bits per heavy atom. The summed E-state index contributed by atoms with van der Waals surface area (Å²) in [6.45, 7) is 4.63. The quantitative estimate of drug-likeness (QED) is 0.394. The van der Waals surface area contributed by atoms with Gasteiger partial charge in [-0.25, -0.2) is 0 Å². The van der Waals surface area contributed by atoms with Crippen LogP contribution in [0.2, 0.25) is 9.36 Å². The first-order valence-corrected chi connectivity index (χ1v) is 28.8. The van der Waals surface area contributed by atoms with Gasteiger partial charge in [0.1, 0.15) is 0 Å². The van der Waals surface area contributed by atoms with Gasteiger partial charge in [0.25, 0.3) is 0 Å². The van der Waals surface area contributed by atoms with Gasteiger partial charge in [0, 0.05) is 0 Å². The van der Waals surface area contributed by atoms with Crippen LogP contribution >= 0.6 is 0 Å². The minimum absolute atomic E-state index is 0. The first kappa shape index (κ1) is 18.6. The topological polar surface area (TPSA) is 0 Å². The summed E-state index contributed by atoms with van der Waals surface area (Å²) in [5.41, 5.74) is 3.17. The van der Waals surface area contributed by atoms with Crippen molar-refractivity contribution in [1.29, 1.82) is 0 Å². The van der Waals surface area contributed by atoms with E-state index in [4.69, 9.17) is 0 Å². The van der Waals surface area contributed by atoms with Crippen molar-refractivity contribution in [2.75, 3.05) is 0 Å². The molecule has 0 spiro atoms. The fourth-order valence-corrected chi connectivity index (χ4v) is 31.1. The van der Waals surface area contributed by atoms with Crippen LogP contribution < -0.4 is 24.8 Å². The minimum Gasteiger partial charge on any atom is -1.00 e. The molecule has 0 atom stereocenters. The standard InChI is InChI=1S/2C6H7.2CH3.2ClH.Hf.H3Si/c2*1-6-4-2-3-5-6;;;;;;/h2*2,4H,3H2,1H3;2*1H3;2*1H;;1H3/q;;;;;;+2;/p-2. The van der Waals surface area contributed by atoms with Gasteiger partial charge >= 0.3 is 103 Å². The van der Waals surface area contributed by atoms with Crippen LogP contribution in [0.5, 0.6) is 0 Å². The zero-order valence-corrected chi connectivity index (χ0v) is 19.1. The van der Waals surface area contributed by atoms with E-state index in [1.165, 1.54) is 20.3 Å². The van der Waals surface area contributed by atoms with Crippen LogP contribution in [0, 0.1) is 0 Å². The molecule has 0 saturated carbocycles. The molecule has 0 aromatic carbocycles. The first-order chi connectivity index (χ1) is 7.31. The molecule has 2 aliphatic carbocycles. The zero-order valence-electron chi connectivity index (χ0n) is 12.0. The van der Waals surface area contributed by atoms with Crippen LogP contribution in [0.3, 0.4) is 0 Å².